The largest absolute Gasteiger partial charge is 0.334 e. The Morgan fingerprint density at radius 2 is 2.18 bits per heavy atom. The maximum atomic E-state index is 13.0. The van der Waals surface area contributed by atoms with Crippen LogP contribution < -0.4 is 5.56 Å². The molecule has 0 aromatic carbocycles. The SMILES string of the molecule is CN(Cc1nc2ccsc2c(=O)[nH]1)C(=O)c1cc2c(s1)CCC(C(C)(C)C)C2. The molecule has 1 atom stereocenters. The van der Waals surface area contributed by atoms with Crippen molar-refractivity contribution in [3.63, 3.8) is 0 Å². The third-order valence-corrected chi connectivity index (χ3v) is 7.74. The van der Waals surface area contributed by atoms with Gasteiger partial charge in [-0.05, 0) is 53.7 Å². The average Bonchev–Trinajstić information content (AvgIpc) is 3.26. The van der Waals surface area contributed by atoms with E-state index in [0.29, 0.717) is 27.4 Å². The molecule has 0 radical (unpaired) electrons. The van der Waals surface area contributed by atoms with Gasteiger partial charge >= 0.3 is 0 Å². The van der Waals surface area contributed by atoms with Crippen LogP contribution in [0, 0.1) is 11.3 Å². The minimum Gasteiger partial charge on any atom is -0.334 e. The Balaban J connectivity index is 1.51. The predicted octanol–water partition coefficient (Wildman–Crippen LogP) is 4.47. The van der Waals surface area contributed by atoms with Crippen LogP contribution in [0.15, 0.2) is 22.3 Å². The van der Waals surface area contributed by atoms with Crippen molar-refractivity contribution in [2.45, 2.75) is 46.6 Å². The summed E-state index contributed by atoms with van der Waals surface area (Å²) in [5.41, 5.74) is 2.16. The molecular formula is C21H25N3O2S2. The average molecular weight is 416 g/mol. The monoisotopic (exact) mass is 415 g/mol. The Bertz CT molecular complexity index is 1090. The highest BCUT2D eigenvalue weighted by Gasteiger charge is 2.30. The molecule has 7 heteroatoms. The molecule has 3 aromatic heterocycles. The van der Waals surface area contributed by atoms with Crippen LogP contribution in [0.3, 0.4) is 0 Å². The number of aromatic amines is 1. The number of carbonyl (C=O) groups excluding carboxylic acids is 1. The molecule has 1 N–H and O–H groups in total. The Kier molecular flexibility index (Phi) is 4.91. The second-order valence-corrected chi connectivity index (χ2v) is 10.7. The molecule has 0 fully saturated rings. The normalized spacial score (nSPS) is 16.9. The topological polar surface area (TPSA) is 66.1 Å². The number of fused-ring (bicyclic) bond motifs is 2. The molecule has 1 unspecified atom stereocenters. The lowest BCUT2D eigenvalue weighted by Gasteiger charge is -2.33. The zero-order valence-corrected chi connectivity index (χ0v) is 18.3. The van der Waals surface area contributed by atoms with Crippen molar-refractivity contribution in [1.82, 2.24) is 14.9 Å². The third-order valence-electron chi connectivity index (χ3n) is 5.62. The molecule has 5 nitrogen and oxygen atoms in total. The van der Waals surface area contributed by atoms with Crippen molar-refractivity contribution >= 4 is 38.8 Å². The fourth-order valence-corrected chi connectivity index (χ4v) is 5.78. The number of carbonyl (C=O) groups is 1. The molecule has 0 bridgehead atoms. The molecule has 0 aliphatic heterocycles. The van der Waals surface area contributed by atoms with E-state index in [1.54, 1.807) is 23.3 Å². The fraction of sp³-hybridized carbons (Fsp3) is 0.476. The third kappa shape index (κ3) is 3.65. The van der Waals surface area contributed by atoms with Crippen molar-refractivity contribution in [1.29, 1.82) is 0 Å². The molecule has 1 aliphatic carbocycles. The fourth-order valence-electron chi connectivity index (χ4n) is 3.85. The number of nitrogens with one attached hydrogen (secondary N) is 1. The van der Waals surface area contributed by atoms with Crippen molar-refractivity contribution in [2.24, 2.45) is 11.3 Å². The van der Waals surface area contributed by atoms with Crippen molar-refractivity contribution in [3.05, 3.63) is 49.0 Å². The molecule has 28 heavy (non-hydrogen) atoms. The molecule has 0 saturated carbocycles. The van der Waals surface area contributed by atoms with E-state index in [1.165, 1.54) is 28.2 Å². The summed E-state index contributed by atoms with van der Waals surface area (Å²) in [6.45, 7) is 7.18. The number of rotatable bonds is 3. The van der Waals surface area contributed by atoms with Gasteiger partial charge in [-0.25, -0.2) is 4.98 Å². The van der Waals surface area contributed by atoms with E-state index in [1.807, 2.05) is 11.4 Å². The standard InChI is InChI=1S/C21H25N3O2S2/c1-21(2,3)13-5-6-15-12(9-13)10-16(28-15)20(26)24(4)11-17-22-14-7-8-27-18(14)19(25)23-17/h7-8,10,13H,5-6,9,11H2,1-4H3,(H,22,23,25). The van der Waals surface area contributed by atoms with Crippen LogP contribution in [-0.2, 0) is 19.4 Å². The van der Waals surface area contributed by atoms with Gasteiger partial charge in [-0.1, -0.05) is 20.8 Å². The zero-order chi connectivity index (χ0) is 20.1. The maximum absolute atomic E-state index is 13.0. The molecular weight excluding hydrogens is 390 g/mol. The van der Waals surface area contributed by atoms with Crippen LogP contribution in [0.2, 0.25) is 0 Å². The van der Waals surface area contributed by atoms with Crippen LogP contribution in [0.5, 0.6) is 0 Å². The van der Waals surface area contributed by atoms with E-state index < -0.39 is 0 Å². The lowest BCUT2D eigenvalue weighted by Crippen LogP contribution is -2.27. The van der Waals surface area contributed by atoms with Crippen LogP contribution in [-0.4, -0.2) is 27.8 Å². The predicted molar refractivity (Wildman–Crippen MR) is 115 cm³/mol. The highest BCUT2D eigenvalue weighted by atomic mass is 32.1. The minimum absolute atomic E-state index is 0.0141. The van der Waals surface area contributed by atoms with Gasteiger partial charge in [0.05, 0.1) is 16.9 Å². The molecule has 148 valence electrons. The van der Waals surface area contributed by atoms with Crippen LogP contribution >= 0.6 is 22.7 Å². The summed E-state index contributed by atoms with van der Waals surface area (Å²) in [5.74, 6) is 1.16. The summed E-state index contributed by atoms with van der Waals surface area (Å²) in [7, 11) is 1.76. The van der Waals surface area contributed by atoms with Crippen molar-refractivity contribution in [3.8, 4) is 0 Å². The maximum Gasteiger partial charge on any atom is 0.268 e. The number of aromatic nitrogens is 2. The van der Waals surface area contributed by atoms with Crippen LogP contribution in [0.4, 0.5) is 0 Å². The first-order valence-corrected chi connectivity index (χ1v) is 11.3. The Labute approximate surface area is 172 Å². The van der Waals surface area contributed by atoms with E-state index in [0.717, 1.165) is 17.7 Å². The number of thiophene rings is 2. The van der Waals surface area contributed by atoms with Crippen LogP contribution in [0.25, 0.3) is 10.2 Å². The summed E-state index contributed by atoms with van der Waals surface area (Å²) < 4.78 is 0.622. The molecule has 1 aliphatic rings. The van der Waals surface area contributed by atoms with Gasteiger partial charge in [0, 0.05) is 11.9 Å². The first-order chi connectivity index (χ1) is 13.2. The highest BCUT2D eigenvalue weighted by Crippen LogP contribution is 2.40. The Morgan fingerprint density at radius 3 is 2.93 bits per heavy atom. The van der Waals surface area contributed by atoms with Crippen molar-refractivity contribution < 1.29 is 4.79 Å². The van der Waals surface area contributed by atoms with E-state index >= 15 is 0 Å². The Hall–Kier alpha value is -1.99. The molecule has 0 saturated heterocycles. The minimum atomic E-state index is -0.143. The summed E-state index contributed by atoms with van der Waals surface area (Å²) in [6.07, 6.45) is 3.30. The molecule has 3 heterocycles. The first-order valence-electron chi connectivity index (χ1n) is 9.56. The van der Waals surface area contributed by atoms with Crippen LogP contribution in [0.1, 0.15) is 53.1 Å². The second kappa shape index (κ2) is 7.12. The first kappa shape index (κ1) is 19.3. The molecule has 4 rings (SSSR count). The lowest BCUT2D eigenvalue weighted by atomic mass is 9.72. The van der Waals surface area contributed by atoms with Crippen molar-refractivity contribution in [2.75, 3.05) is 7.05 Å². The molecule has 0 spiro atoms. The van der Waals surface area contributed by atoms with E-state index in [9.17, 15) is 9.59 Å². The second-order valence-electron chi connectivity index (χ2n) is 8.67. The van der Waals surface area contributed by atoms with Gasteiger partial charge in [-0.2, -0.15) is 0 Å². The van der Waals surface area contributed by atoms with Gasteiger partial charge in [-0.15, -0.1) is 22.7 Å². The van der Waals surface area contributed by atoms with Gasteiger partial charge < -0.3 is 9.88 Å². The van der Waals surface area contributed by atoms with Gasteiger partial charge in [-0.3, -0.25) is 9.59 Å². The van der Waals surface area contributed by atoms with Gasteiger partial charge in [0.2, 0.25) is 0 Å². The Morgan fingerprint density at radius 1 is 1.39 bits per heavy atom. The summed E-state index contributed by atoms with van der Waals surface area (Å²) >= 11 is 3.00. The highest BCUT2D eigenvalue weighted by molar-refractivity contribution is 7.17. The molecule has 3 aromatic rings. The van der Waals surface area contributed by atoms with E-state index in [-0.39, 0.29) is 18.0 Å². The number of amides is 1. The van der Waals surface area contributed by atoms with Gasteiger partial charge in [0.15, 0.2) is 0 Å². The quantitative estimate of drug-likeness (QED) is 0.686. The number of aryl methyl sites for hydroxylation is 1. The number of nitrogens with zero attached hydrogens (tertiary/aromatic N) is 2. The number of hydrogen-bond donors (Lipinski definition) is 1. The van der Waals surface area contributed by atoms with E-state index in [4.69, 9.17) is 0 Å². The van der Waals surface area contributed by atoms with Gasteiger partial charge in [0.1, 0.15) is 10.5 Å². The number of hydrogen-bond acceptors (Lipinski definition) is 5. The molecule has 1 amide bonds. The zero-order valence-electron chi connectivity index (χ0n) is 16.7. The summed E-state index contributed by atoms with van der Waals surface area (Å²) in [5, 5.41) is 1.85. The van der Waals surface area contributed by atoms with Gasteiger partial charge in [0.25, 0.3) is 11.5 Å². The van der Waals surface area contributed by atoms with E-state index in [2.05, 4.69) is 36.8 Å². The summed E-state index contributed by atoms with van der Waals surface area (Å²) in [4.78, 5) is 36.1. The summed E-state index contributed by atoms with van der Waals surface area (Å²) in [6, 6.07) is 3.91. The lowest BCUT2D eigenvalue weighted by molar-refractivity contribution is 0.0786. The smallest absolute Gasteiger partial charge is 0.268 e. The number of H-pyrrole nitrogens is 1.